The average Bonchev–Trinajstić information content (AvgIpc) is 2.42. The van der Waals surface area contributed by atoms with Crippen molar-refractivity contribution in [3.05, 3.63) is 40.5 Å². The quantitative estimate of drug-likeness (QED) is 0.864. The largest absolute Gasteiger partial charge is 0.438 e. The van der Waals surface area contributed by atoms with Gasteiger partial charge >= 0.3 is 0 Å². The molecular formula is C16H20BrN3O. The molecule has 1 heterocycles. The van der Waals surface area contributed by atoms with Crippen molar-refractivity contribution in [2.75, 3.05) is 11.9 Å². The number of hydrogen-bond acceptors (Lipinski definition) is 4. The smallest absolute Gasteiger partial charge is 0.238 e. The van der Waals surface area contributed by atoms with Crippen molar-refractivity contribution in [3.8, 4) is 11.6 Å². The van der Waals surface area contributed by atoms with E-state index in [2.05, 4.69) is 58.1 Å². The van der Waals surface area contributed by atoms with Crippen molar-refractivity contribution in [2.24, 2.45) is 0 Å². The van der Waals surface area contributed by atoms with E-state index in [0.29, 0.717) is 11.8 Å². The van der Waals surface area contributed by atoms with Crippen LogP contribution in [-0.4, -0.2) is 16.5 Å². The zero-order valence-electron chi connectivity index (χ0n) is 12.8. The Morgan fingerprint density at radius 3 is 2.71 bits per heavy atom. The van der Waals surface area contributed by atoms with Gasteiger partial charge in [-0.05, 0) is 46.0 Å². The Morgan fingerprint density at radius 1 is 1.29 bits per heavy atom. The van der Waals surface area contributed by atoms with Gasteiger partial charge in [-0.2, -0.15) is 4.98 Å². The van der Waals surface area contributed by atoms with Crippen molar-refractivity contribution in [2.45, 2.75) is 33.1 Å². The second-order valence-electron chi connectivity index (χ2n) is 5.76. The van der Waals surface area contributed by atoms with Gasteiger partial charge in [0.05, 0.1) is 10.7 Å². The van der Waals surface area contributed by atoms with E-state index < -0.39 is 0 Å². The van der Waals surface area contributed by atoms with E-state index in [0.717, 1.165) is 16.8 Å². The monoisotopic (exact) mass is 349 g/mol. The highest BCUT2D eigenvalue weighted by atomic mass is 79.9. The number of nitrogens with zero attached hydrogens (tertiary/aromatic N) is 2. The van der Waals surface area contributed by atoms with Gasteiger partial charge in [0.15, 0.2) is 0 Å². The highest BCUT2D eigenvalue weighted by molar-refractivity contribution is 9.10. The number of halogens is 1. The van der Waals surface area contributed by atoms with E-state index in [1.165, 1.54) is 5.56 Å². The Hall–Kier alpha value is -1.62. The standard InChI is InChI=1S/C16H20BrN3O/c1-5-18-15-19-10-13(17)14(20-15)21-12-8-6-7-11(9-12)16(2,3)4/h6-10H,5H2,1-4H3,(H,18,19,20). The van der Waals surface area contributed by atoms with Crippen LogP contribution >= 0.6 is 15.9 Å². The summed E-state index contributed by atoms with van der Waals surface area (Å²) in [5.41, 5.74) is 1.30. The van der Waals surface area contributed by atoms with Gasteiger partial charge < -0.3 is 10.1 Å². The van der Waals surface area contributed by atoms with Crippen molar-refractivity contribution in [1.29, 1.82) is 0 Å². The second kappa shape index (κ2) is 6.43. The van der Waals surface area contributed by atoms with Crippen LogP contribution in [0.25, 0.3) is 0 Å². The molecule has 21 heavy (non-hydrogen) atoms. The second-order valence-corrected chi connectivity index (χ2v) is 6.61. The molecule has 1 N–H and O–H groups in total. The molecule has 0 fully saturated rings. The molecule has 0 amide bonds. The number of hydrogen-bond donors (Lipinski definition) is 1. The predicted molar refractivity (Wildman–Crippen MR) is 89.1 cm³/mol. The minimum absolute atomic E-state index is 0.0806. The van der Waals surface area contributed by atoms with E-state index in [1.54, 1.807) is 6.20 Å². The normalized spacial score (nSPS) is 11.3. The first kappa shape index (κ1) is 15.8. The molecule has 0 radical (unpaired) electrons. The van der Waals surface area contributed by atoms with Crippen LogP contribution in [0.5, 0.6) is 11.6 Å². The minimum atomic E-state index is 0.0806. The summed E-state index contributed by atoms with van der Waals surface area (Å²) in [5.74, 6) is 1.83. The van der Waals surface area contributed by atoms with Gasteiger partial charge in [-0.25, -0.2) is 4.98 Å². The van der Waals surface area contributed by atoms with E-state index in [-0.39, 0.29) is 5.41 Å². The lowest BCUT2D eigenvalue weighted by atomic mass is 9.87. The Bertz CT molecular complexity index is 623. The third-order valence-corrected chi connectivity index (χ3v) is 3.51. The highest BCUT2D eigenvalue weighted by Crippen LogP contribution is 2.31. The van der Waals surface area contributed by atoms with Crippen molar-refractivity contribution in [3.63, 3.8) is 0 Å². The van der Waals surface area contributed by atoms with Crippen LogP contribution < -0.4 is 10.1 Å². The topological polar surface area (TPSA) is 47.0 Å². The van der Waals surface area contributed by atoms with Crippen LogP contribution in [0, 0.1) is 0 Å². The molecule has 112 valence electrons. The van der Waals surface area contributed by atoms with Crippen LogP contribution in [0.15, 0.2) is 34.9 Å². The van der Waals surface area contributed by atoms with Gasteiger partial charge in [0.1, 0.15) is 5.75 Å². The van der Waals surface area contributed by atoms with Crippen LogP contribution in [0.1, 0.15) is 33.3 Å². The first-order valence-corrected chi connectivity index (χ1v) is 7.74. The first-order chi connectivity index (χ1) is 9.90. The molecule has 4 nitrogen and oxygen atoms in total. The summed E-state index contributed by atoms with van der Waals surface area (Å²) >= 11 is 3.42. The summed E-state index contributed by atoms with van der Waals surface area (Å²) < 4.78 is 6.62. The SMILES string of the molecule is CCNc1ncc(Br)c(Oc2cccc(C(C)(C)C)c2)n1. The van der Waals surface area contributed by atoms with Gasteiger partial charge in [0.25, 0.3) is 0 Å². The van der Waals surface area contributed by atoms with Crippen molar-refractivity contribution in [1.82, 2.24) is 9.97 Å². The highest BCUT2D eigenvalue weighted by Gasteiger charge is 2.15. The molecule has 2 rings (SSSR count). The lowest BCUT2D eigenvalue weighted by Gasteiger charge is -2.19. The molecular weight excluding hydrogens is 330 g/mol. The molecule has 5 heteroatoms. The summed E-state index contributed by atoms with van der Waals surface area (Å²) in [7, 11) is 0. The summed E-state index contributed by atoms with van der Waals surface area (Å²) in [6, 6.07) is 8.07. The zero-order valence-corrected chi connectivity index (χ0v) is 14.4. The number of rotatable bonds is 4. The Labute approximate surface area is 134 Å². The minimum Gasteiger partial charge on any atom is -0.438 e. The van der Waals surface area contributed by atoms with E-state index in [4.69, 9.17) is 4.74 Å². The molecule has 0 saturated heterocycles. The van der Waals surface area contributed by atoms with Gasteiger partial charge in [-0.3, -0.25) is 0 Å². The van der Waals surface area contributed by atoms with Crippen LogP contribution in [0.3, 0.4) is 0 Å². The van der Waals surface area contributed by atoms with Crippen LogP contribution in [0.2, 0.25) is 0 Å². The fourth-order valence-corrected chi connectivity index (χ4v) is 2.08. The number of aromatic nitrogens is 2. The number of anilines is 1. The lowest BCUT2D eigenvalue weighted by molar-refractivity contribution is 0.456. The third-order valence-electron chi connectivity index (χ3n) is 2.96. The van der Waals surface area contributed by atoms with Gasteiger partial charge in [-0.1, -0.05) is 32.9 Å². The summed E-state index contributed by atoms with van der Waals surface area (Å²) in [5, 5.41) is 3.07. The molecule has 0 aliphatic carbocycles. The van der Waals surface area contributed by atoms with Gasteiger partial charge in [-0.15, -0.1) is 0 Å². The summed E-state index contributed by atoms with van der Waals surface area (Å²) in [4.78, 5) is 8.54. The molecule has 0 aliphatic rings. The summed E-state index contributed by atoms with van der Waals surface area (Å²) in [6.07, 6.45) is 1.69. The molecule has 1 aromatic heterocycles. The molecule has 0 bridgehead atoms. The Balaban J connectivity index is 2.27. The maximum atomic E-state index is 5.89. The maximum Gasteiger partial charge on any atom is 0.238 e. The first-order valence-electron chi connectivity index (χ1n) is 6.95. The predicted octanol–water partition coefficient (Wildman–Crippen LogP) is 4.76. The zero-order chi connectivity index (χ0) is 15.5. The molecule has 0 spiro atoms. The fourth-order valence-electron chi connectivity index (χ4n) is 1.80. The van der Waals surface area contributed by atoms with Crippen molar-refractivity contribution >= 4 is 21.9 Å². The average molecular weight is 350 g/mol. The number of benzene rings is 1. The van der Waals surface area contributed by atoms with Gasteiger partial charge in [0.2, 0.25) is 11.8 Å². The van der Waals surface area contributed by atoms with E-state index >= 15 is 0 Å². The number of nitrogens with one attached hydrogen (secondary N) is 1. The molecule has 2 aromatic rings. The van der Waals surface area contributed by atoms with Crippen LogP contribution in [-0.2, 0) is 5.41 Å². The van der Waals surface area contributed by atoms with Gasteiger partial charge in [0, 0.05) is 6.54 Å². The van der Waals surface area contributed by atoms with Crippen LogP contribution in [0.4, 0.5) is 5.95 Å². The van der Waals surface area contributed by atoms with Crippen molar-refractivity contribution < 1.29 is 4.74 Å². The lowest BCUT2D eigenvalue weighted by Crippen LogP contribution is -2.10. The van der Waals surface area contributed by atoms with E-state index in [9.17, 15) is 0 Å². The number of ether oxygens (including phenoxy) is 1. The molecule has 1 aromatic carbocycles. The maximum absolute atomic E-state index is 5.89. The third kappa shape index (κ3) is 4.17. The Kier molecular flexibility index (Phi) is 4.83. The van der Waals surface area contributed by atoms with E-state index in [1.807, 2.05) is 25.1 Å². The summed E-state index contributed by atoms with van der Waals surface area (Å²) in [6.45, 7) is 9.29. The Morgan fingerprint density at radius 2 is 2.05 bits per heavy atom. The fraction of sp³-hybridized carbons (Fsp3) is 0.375. The molecule has 0 saturated carbocycles. The molecule has 0 unspecified atom stereocenters. The molecule has 0 aliphatic heterocycles. The molecule has 0 atom stereocenters.